The molecular weight excluding hydrogens is 256 g/mol. The maximum atomic E-state index is 5.36. The molecule has 0 aromatic heterocycles. The molecule has 0 unspecified atom stereocenters. The number of hydrogen-bond acceptors (Lipinski definition) is 1. The molecule has 0 atom stereocenters. The molecule has 0 saturated carbocycles. The second-order valence-electron chi connectivity index (χ2n) is 4.52. The molecule has 0 fully saturated rings. The summed E-state index contributed by atoms with van der Waals surface area (Å²) in [6.07, 6.45) is 1.54. The van der Waals surface area contributed by atoms with Crippen LogP contribution in [-0.2, 0) is 17.6 Å². The van der Waals surface area contributed by atoms with Crippen LogP contribution in [0.5, 0.6) is 0 Å². The van der Waals surface area contributed by atoms with Gasteiger partial charge in [0.25, 0.3) is 0 Å². The molecule has 0 bridgehead atoms. The van der Waals surface area contributed by atoms with Gasteiger partial charge >= 0.3 is 0 Å². The molecule has 0 N–H and O–H groups in total. The summed E-state index contributed by atoms with van der Waals surface area (Å²) in [5.74, 6) is 12.2. The van der Waals surface area contributed by atoms with Gasteiger partial charge in [-0.05, 0) is 11.1 Å². The number of rotatable bonds is 4. The van der Waals surface area contributed by atoms with Crippen molar-refractivity contribution in [1.82, 2.24) is 0 Å². The average Bonchev–Trinajstić information content (AvgIpc) is 2.55. The molecule has 104 valence electrons. The van der Waals surface area contributed by atoms with Crippen LogP contribution in [0.4, 0.5) is 0 Å². The smallest absolute Gasteiger partial charge is 0.109 e. The zero-order valence-corrected chi connectivity index (χ0v) is 12.0. The minimum atomic E-state index is 0.437. The highest BCUT2D eigenvalue weighted by Crippen LogP contribution is 1.98. The lowest BCUT2D eigenvalue weighted by atomic mass is 10.2. The van der Waals surface area contributed by atoms with E-state index in [2.05, 4.69) is 47.9 Å². The topological polar surface area (TPSA) is 9.23 Å². The van der Waals surface area contributed by atoms with E-state index in [1.54, 1.807) is 0 Å². The third kappa shape index (κ3) is 6.48. The third-order valence-corrected chi connectivity index (χ3v) is 2.87. The Morgan fingerprint density at radius 2 is 1.00 bits per heavy atom. The molecule has 0 aliphatic heterocycles. The van der Waals surface area contributed by atoms with Gasteiger partial charge in [0, 0.05) is 12.8 Å². The molecule has 0 heterocycles. The lowest BCUT2D eigenvalue weighted by molar-refractivity contribution is 0.204. The molecule has 2 rings (SSSR count). The minimum Gasteiger partial charge on any atom is -0.356 e. The van der Waals surface area contributed by atoms with E-state index in [-0.39, 0.29) is 0 Å². The van der Waals surface area contributed by atoms with E-state index in [1.165, 1.54) is 11.1 Å². The lowest BCUT2D eigenvalue weighted by Crippen LogP contribution is -1.92. The van der Waals surface area contributed by atoms with Crippen LogP contribution in [0.25, 0.3) is 0 Å². The normalized spacial score (nSPS) is 9.14. The summed E-state index contributed by atoms with van der Waals surface area (Å²) < 4.78 is 5.36. The van der Waals surface area contributed by atoms with Gasteiger partial charge in [0.1, 0.15) is 13.2 Å². The van der Waals surface area contributed by atoms with Gasteiger partial charge in [-0.25, -0.2) is 0 Å². The van der Waals surface area contributed by atoms with Crippen LogP contribution < -0.4 is 0 Å². The number of ether oxygens (including phenoxy) is 1. The van der Waals surface area contributed by atoms with E-state index >= 15 is 0 Å². The summed E-state index contributed by atoms with van der Waals surface area (Å²) >= 11 is 0. The fraction of sp³-hybridized carbons (Fsp3) is 0.200. The summed E-state index contributed by atoms with van der Waals surface area (Å²) in [4.78, 5) is 0. The Morgan fingerprint density at radius 3 is 1.43 bits per heavy atom. The highest BCUT2D eigenvalue weighted by Gasteiger charge is 1.86. The molecule has 0 aliphatic carbocycles. The molecule has 0 amide bonds. The van der Waals surface area contributed by atoms with E-state index in [1.807, 2.05) is 36.4 Å². The van der Waals surface area contributed by atoms with Gasteiger partial charge in [-0.15, -0.1) is 0 Å². The van der Waals surface area contributed by atoms with Gasteiger partial charge in [-0.2, -0.15) is 0 Å². The summed E-state index contributed by atoms with van der Waals surface area (Å²) in [5, 5.41) is 0. The van der Waals surface area contributed by atoms with Crippen molar-refractivity contribution in [1.29, 1.82) is 0 Å². The van der Waals surface area contributed by atoms with Crippen molar-refractivity contribution >= 4 is 0 Å². The summed E-state index contributed by atoms with van der Waals surface area (Å²) in [6.45, 7) is 0.875. The van der Waals surface area contributed by atoms with Crippen molar-refractivity contribution in [2.24, 2.45) is 0 Å². The fourth-order valence-corrected chi connectivity index (χ4v) is 1.78. The van der Waals surface area contributed by atoms with E-state index in [0.717, 1.165) is 12.8 Å². The Labute approximate surface area is 127 Å². The molecule has 0 aliphatic rings. The minimum absolute atomic E-state index is 0.437. The molecule has 2 aromatic carbocycles. The Morgan fingerprint density at radius 1 is 0.571 bits per heavy atom. The van der Waals surface area contributed by atoms with Gasteiger partial charge in [0.05, 0.1) is 0 Å². The van der Waals surface area contributed by atoms with Crippen molar-refractivity contribution in [2.75, 3.05) is 13.2 Å². The Bertz CT molecular complexity index is 577. The van der Waals surface area contributed by atoms with E-state index in [0.29, 0.717) is 13.2 Å². The molecule has 21 heavy (non-hydrogen) atoms. The first kappa shape index (κ1) is 14.9. The van der Waals surface area contributed by atoms with Crippen molar-refractivity contribution in [3.63, 3.8) is 0 Å². The predicted octanol–water partition coefficient (Wildman–Crippen LogP) is 3.50. The molecule has 0 spiro atoms. The monoisotopic (exact) mass is 274 g/mol. The average molecular weight is 274 g/mol. The first-order valence-corrected chi connectivity index (χ1v) is 7.02. The first-order chi connectivity index (χ1) is 10.4. The first-order valence-electron chi connectivity index (χ1n) is 7.02. The van der Waals surface area contributed by atoms with Crippen LogP contribution in [0, 0.1) is 23.7 Å². The fourth-order valence-electron chi connectivity index (χ4n) is 1.78. The van der Waals surface area contributed by atoms with Gasteiger partial charge < -0.3 is 4.74 Å². The van der Waals surface area contributed by atoms with Gasteiger partial charge in [-0.1, -0.05) is 84.3 Å². The SMILES string of the molecule is C(#CCc1ccccc1)COCC#CCc1ccccc1. The molecule has 2 aromatic rings. The van der Waals surface area contributed by atoms with Crippen LogP contribution >= 0.6 is 0 Å². The predicted molar refractivity (Wildman–Crippen MR) is 86.7 cm³/mol. The van der Waals surface area contributed by atoms with E-state index in [4.69, 9.17) is 4.74 Å². The molecule has 1 heteroatoms. The van der Waals surface area contributed by atoms with Crippen LogP contribution in [0.15, 0.2) is 60.7 Å². The Kier molecular flexibility index (Phi) is 6.70. The van der Waals surface area contributed by atoms with E-state index in [9.17, 15) is 0 Å². The van der Waals surface area contributed by atoms with Crippen LogP contribution in [-0.4, -0.2) is 13.2 Å². The third-order valence-electron chi connectivity index (χ3n) is 2.87. The van der Waals surface area contributed by atoms with Crippen LogP contribution in [0.3, 0.4) is 0 Å². The Hall–Kier alpha value is -2.48. The number of hydrogen-bond donors (Lipinski definition) is 0. The van der Waals surface area contributed by atoms with E-state index < -0.39 is 0 Å². The van der Waals surface area contributed by atoms with Crippen molar-refractivity contribution in [3.8, 4) is 23.7 Å². The van der Waals surface area contributed by atoms with Crippen LogP contribution in [0.2, 0.25) is 0 Å². The maximum Gasteiger partial charge on any atom is 0.109 e. The summed E-state index contributed by atoms with van der Waals surface area (Å²) in [6, 6.07) is 20.4. The van der Waals surface area contributed by atoms with Gasteiger partial charge in [0.15, 0.2) is 0 Å². The maximum absolute atomic E-state index is 5.36. The number of benzene rings is 2. The molecule has 0 radical (unpaired) electrons. The zero-order chi connectivity index (χ0) is 14.6. The largest absolute Gasteiger partial charge is 0.356 e. The van der Waals surface area contributed by atoms with Crippen molar-refractivity contribution < 1.29 is 4.74 Å². The summed E-state index contributed by atoms with van der Waals surface area (Å²) in [5.41, 5.74) is 2.46. The van der Waals surface area contributed by atoms with Gasteiger partial charge in [-0.3, -0.25) is 0 Å². The second kappa shape index (κ2) is 9.43. The highest BCUT2D eigenvalue weighted by atomic mass is 16.5. The molecular formula is C20H18O. The standard InChI is InChI=1S/C20H18O/c1-3-11-19(12-4-1)15-7-9-17-21-18-10-8-16-20-13-5-2-6-14-20/h1-6,11-14H,15-18H2. The lowest BCUT2D eigenvalue weighted by Gasteiger charge is -1.93. The molecule has 1 nitrogen and oxygen atoms in total. The quantitative estimate of drug-likeness (QED) is 0.612. The zero-order valence-electron chi connectivity index (χ0n) is 12.0. The van der Waals surface area contributed by atoms with Crippen LogP contribution in [0.1, 0.15) is 11.1 Å². The van der Waals surface area contributed by atoms with Crippen molar-refractivity contribution in [3.05, 3.63) is 71.8 Å². The summed E-state index contributed by atoms with van der Waals surface area (Å²) in [7, 11) is 0. The highest BCUT2D eigenvalue weighted by molar-refractivity contribution is 5.21. The van der Waals surface area contributed by atoms with Crippen molar-refractivity contribution in [2.45, 2.75) is 12.8 Å². The second-order valence-corrected chi connectivity index (χ2v) is 4.52. The van der Waals surface area contributed by atoms with Gasteiger partial charge in [0.2, 0.25) is 0 Å². The Balaban J connectivity index is 1.59. The molecule has 0 saturated heterocycles.